The van der Waals surface area contributed by atoms with Crippen molar-refractivity contribution in [2.75, 3.05) is 6.54 Å². The number of nitrogens with zero attached hydrogens (tertiary/aromatic N) is 5. The summed E-state index contributed by atoms with van der Waals surface area (Å²) < 4.78 is 4.93. The fourth-order valence-electron chi connectivity index (χ4n) is 1.68. The van der Waals surface area contributed by atoms with Crippen LogP contribution in [0, 0.1) is 9.49 Å². The van der Waals surface area contributed by atoms with Crippen molar-refractivity contribution < 1.29 is 0 Å². The van der Waals surface area contributed by atoms with E-state index in [0.29, 0.717) is 5.92 Å². The molecule has 0 spiro atoms. The SMILES string of the molecule is CC(C)CNCc1cn(CCn2cc(I)cn2)nn1. The second-order valence-corrected chi connectivity index (χ2v) is 6.16. The number of rotatable bonds is 7. The molecule has 0 fully saturated rings. The number of aryl methyl sites for hydroxylation is 2. The Labute approximate surface area is 126 Å². The molecule has 2 aromatic heterocycles. The molecule has 2 rings (SSSR count). The number of halogens is 1. The first-order chi connectivity index (χ1) is 9.13. The molecule has 0 atom stereocenters. The number of nitrogens with one attached hydrogen (secondary N) is 1. The lowest BCUT2D eigenvalue weighted by Crippen LogP contribution is -2.19. The molecule has 2 heterocycles. The van der Waals surface area contributed by atoms with Gasteiger partial charge in [-0.15, -0.1) is 5.10 Å². The highest BCUT2D eigenvalue weighted by Crippen LogP contribution is 2.01. The maximum Gasteiger partial charge on any atom is 0.0964 e. The van der Waals surface area contributed by atoms with Crippen molar-refractivity contribution in [1.29, 1.82) is 0 Å². The summed E-state index contributed by atoms with van der Waals surface area (Å²) in [6.07, 6.45) is 5.85. The van der Waals surface area contributed by atoms with Gasteiger partial charge < -0.3 is 5.32 Å². The highest BCUT2D eigenvalue weighted by Gasteiger charge is 2.02. The summed E-state index contributed by atoms with van der Waals surface area (Å²) >= 11 is 2.25. The van der Waals surface area contributed by atoms with Crippen molar-refractivity contribution in [1.82, 2.24) is 30.1 Å². The standard InChI is InChI=1S/C12H19IN6/c1-10(2)5-14-7-12-9-19(17-16-12)4-3-18-8-11(13)6-15-18/h6,8-10,14H,3-5,7H2,1-2H3. The fraction of sp³-hybridized carbons (Fsp3) is 0.583. The molecule has 0 aliphatic carbocycles. The molecule has 0 saturated heterocycles. The van der Waals surface area contributed by atoms with Crippen LogP contribution in [0.3, 0.4) is 0 Å². The Bertz CT molecular complexity index is 504. The van der Waals surface area contributed by atoms with Gasteiger partial charge in [-0.05, 0) is 35.1 Å². The minimum Gasteiger partial charge on any atom is -0.311 e. The molecule has 0 unspecified atom stereocenters. The third kappa shape index (κ3) is 4.90. The normalized spacial score (nSPS) is 11.4. The molecule has 2 aromatic rings. The van der Waals surface area contributed by atoms with E-state index < -0.39 is 0 Å². The molecule has 1 N–H and O–H groups in total. The minimum absolute atomic E-state index is 0.650. The Kier molecular flexibility index (Phi) is 5.32. The van der Waals surface area contributed by atoms with Crippen molar-refractivity contribution in [2.24, 2.45) is 5.92 Å². The van der Waals surface area contributed by atoms with Crippen molar-refractivity contribution in [3.63, 3.8) is 0 Å². The van der Waals surface area contributed by atoms with E-state index in [1.165, 1.54) is 0 Å². The maximum absolute atomic E-state index is 4.24. The Hall–Kier alpha value is -0.960. The van der Waals surface area contributed by atoms with Crippen LogP contribution in [0.15, 0.2) is 18.6 Å². The topological polar surface area (TPSA) is 60.6 Å². The van der Waals surface area contributed by atoms with Gasteiger partial charge in [0.05, 0.1) is 28.6 Å². The van der Waals surface area contributed by atoms with E-state index in [4.69, 9.17) is 0 Å². The lowest BCUT2D eigenvalue weighted by molar-refractivity contribution is 0.489. The van der Waals surface area contributed by atoms with Gasteiger partial charge in [-0.2, -0.15) is 5.10 Å². The van der Waals surface area contributed by atoms with Gasteiger partial charge in [-0.25, -0.2) is 0 Å². The van der Waals surface area contributed by atoms with Crippen molar-refractivity contribution in [2.45, 2.75) is 33.5 Å². The quantitative estimate of drug-likeness (QED) is 0.747. The molecule has 6 nitrogen and oxygen atoms in total. The van der Waals surface area contributed by atoms with Crippen LogP contribution < -0.4 is 5.32 Å². The lowest BCUT2D eigenvalue weighted by Gasteiger charge is -2.04. The average Bonchev–Trinajstić information content (AvgIpc) is 2.95. The summed E-state index contributed by atoms with van der Waals surface area (Å²) in [6, 6.07) is 0. The summed E-state index contributed by atoms with van der Waals surface area (Å²) in [7, 11) is 0. The molecule has 0 saturated carbocycles. The van der Waals surface area contributed by atoms with Gasteiger partial charge in [0.25, 0.3) is 0 Å². The summed E-state index contributed by atoms with van der Waals surface area (Å²) in [6.45, 7) is 7.75. The smallest absolute Gasteiger partial charge is 0.0964 e. The van der Waals surface area contributed by atoms with E-state index in [2.05, 4.69) is 57.2 Å². The lowest BCUT2D eigenvalue weighted by atomic mass is 10.2. The van der Waals surface area contributed by atoms with Crippen LogP contribution >= 0.6 is 22.6 Å². The first kappa shape index (κ1) is 14.4. The van der Waals surface area contributed by atoms with Gasteiger partial charge in [0.1, 0.15) is 0 Å². The predicted octanol–water partition coefficient (Wildman–Crippen LogP) is 1.52. The van der Waals surface area contributed by atoms with Gasteiger partial charge in [-0.3, -0.25) is 9.36 Å². The van der Waals surface area contributed by atoms with Crippen molar-refractivity contribution >= 4 is 22.6 Å². The predicted molar refractivity (Wildman–Crippen MR) is 81.5 cm³/mol. The van der Waals surface area contributed by atoms with Gasteiger partial charge in [0.15, 0.2) is 0 Å². The van der Waals surface area contributed by atoms with Crippen LogP contribution in [0.25, 0.3) is 0 Å². The van der Waals surface area contributed by atoms with Crippen molar-refractivity contribution in [3.8, 4) is 0 Å². The van der Waals surface area contributed by atoms with Crippen LogP contribution in [0.5, 0.6) is 0 Å². The summed E-state index contributed by atoms with van der Waals surface area (Å²) in [4.78, 5) is 0. The van der Waals surface area contributed by atoms with E-state index >= 15 is 0 Å². The molecule has 0 aliphatic heterocycles. The molecule has 0 amide bonds. The summed E-state index contributed by atoms with van der Waals surface area (Å²) in [5.41, 5.74) is 0.982. The molecular formula is C12H19IN6. The second kappa shape index (κ2) is 6.99. The second-order valence-electron chi connectivity index (χ2n) is 4.92. The Balaban J connectivity index is 1.77. The van der Waals surface area contributed by atoms with Crippen molar-refractivity contribution in [3.05, 3.63) is 27.9 Å². The Morgan fingerprint density at radius 3 is 2.74 bits per heavy atom. The Morgan fingerprint density at radius 1 is 1.26 bits per heavy atom. The van der Waals surface area contributed by atoms with Gasteiger partial charge in [0.2, 0.25) is 0 Å². The number of aromatic nitrogens is 5. The maximum atomic E-state index is 4.24. The van der Waals surface area contributed by atoms with Gasteiger partial charge in [-0.1, -0.05) is 19.1 Å². The summed E-state index contributed by atoms with van der Waals surface area (Å²) in [5, 5.41) is 15.9. The van der Waals surface area contributed by atoms with E-state index in [1.54, 1.807) is 0 Å². The number of hydrogen-bond donors (Lipinski definition) is 1. The van der Waals surface area contributed by atoms with E-state index in [9.17, 15) is 0 Å². The molecule has 0 radical (unpaired) electrons. The van der Waals surface area contributed by atoms with Gasteiger partial charge >= 0.3 is 0 Å². The monoisotopic (exact) mass is 374 g/mol. The molecule has 0 aliphatic rings. The van der Waals surface area contributed by atoms with Crippen LogP contribution in [0.2, 0.25) is 0 Å². The van der Waals surface area contributed by atoms with Crippen LogP contribution in [0.1, 0.15) is 19.5 Å². The first-order valence-electron chi connectivity index (χ1n) is 6.41. The van der Waals surface area contributed by atoms with E-state index in [-0.39, 0.29) is 0 Å². The molecule has 7 heteroatoms. The molecule has 0 bridgehead atoms. The van der Waals surface area contributed by atoms with Crippen LogP contribution in [0.4, 0.5) is 0 Å². The third-order valence-corrected chi connectivity index (χ3v) is 3.16. The van der Waals surface area contributed by atoms with E-state index in [1.807, 2.05) is 28.0 Å². The zero-order valence-corrected chi connectivity index (χ0v) is 13.4. The van der Waals surface area contributed by atoms with Crippen LogP contribution in [-0.4, -0.2) is 31.3 Å². The minimum atomic E-state index is 0.650. The first-order valence-corrected chi connectivity index (χ1v) is 7.49. The average molecular weight is 374 g/mol. The zero-order chi connectivity index (χ0) is 13.7. The molecule has 0 aromatic carbocycles. The zero-order valence-electron chi connectivity index (χ0n) is 11.3. The van der Waals surface area contributed by atoms with E-state index in [0.717, 1.165) is 35.4 Å². The Morgan fingerprint density at radius 2 is 2.05 bits per heavy atom. The molecule has 104 valence electrons. The molecular weight excluding hydrogens is 355 g/mol. The fourth-order valence-corrected chi connectivity index (χ4v) is 2.13. The molecule has 19 heavy (non-hydrogen) atoms. The number of hydrogen-bond acceptors (Lipinski definition) is 4. The van der Waals surface area contributed by atoms with Crippen LogP contribution in [-0.2, 0) is 19.6 Å². The summed E-state index contributed by atoms with van der Waals surface area (Å²) in [5.74, 6) is 0.650. The van der Waals surface area contributed by atoms with Gasteiger partial charge in [0, 0.05) is 18.9 Å². The highest BCUT2D eigenvalue weighted by atomic mass is 127. The largest absolute Gasteiger partial charge is 0.311 e. The highest BCUT2D eigenvalue weighted by molar-refractivity contribution is 14.1. The third-order valence-electron chi connectivity index (χ3n) is 2.60.